The van der Waals surface area contributed by atoms with Gasteiger partial charge in [-0.25, -0.2) is 9.48 Å². The summed E-state index contributed by atoms with van der Waals surface area (Å²) in [7, 11) is 0. The third kappa shape index (κ3) is 3.69. The van der Waals surface area contributed by atoms with Crippen molar-refractivity contribution < 1.29 is 14.6 Å². The number of hydrogen-bond donors (Lipinski definition) is 1. The van der Waals surface area contributed by atoms with Crippen molar-refractivity contribution in [2.24, 2.45) is 0 Å². The molecule has 0 bridgehead atoms. The lowest BCUT2D eigenvalue weighted by Crippen LogP contribution is -2.43. The highest BCUT2D eigenvalue weighted by Gasteiger charge is 2.28. The van der Waals surface area contributed by atoms with Crippen LogP contribution in [0.25, 0.3) is 0 Å². The van der Waals surface area contributed by atoms with Crippen LogP contribution in [0.15, 0.2) is 6.20 Å². The summed E-state index contributed by atoms with van der Waals surface area (Å²) in [5.41, 5.74) is 0.0563. The van der Waals surface area contributed by atoms with Crippen LogP contribution in [0.4, 0.5) is 4.79 Å². The number of aliphatic hydroxyl groups is 1. The van der Waals surface area contributed by atoms with Crippen molar-refractivity contribution in [1.82, 2.24) is 19.9 Å². The first-order valence-corrected chi connectivity index (χ1v) is 6.88. The van der Waals surface area contributed by atoms with Gasteiger partial charge in [0, 0.05) is 13.1 Å². The molecule has 0 unspecified atom stereocenters. The highest BCUT2D eigenvalue weighted by molar-refractivity contribution is 5.68. The number of rotatable bonds is 2. The summed E-state index contributed by atoms with van der Waals surface area (Å²) in [5.74, 6) is 0. The molecule has 0 aliphatic carbocycles. The minimum atomic E-state index is -0.485. The van der Waals surface area contributed by atoms with Crippen molar-refractivity contribution in [2.45, 2.75) is 51.9 Å². The van der Waals surface area contributed by atoms with Gasteiger partial charge in [-0.1, -0.05) is 5.21 Å². The van der Waals surface area contributed by atoms with Crippen LogP contribution in [0.5, 0.6) is 0 Å². The maximum absolute atomic E-state index is 12.1. The number of aromatic nitrogens is 3. The molecule has 1 atom stereocenters. The Hall–Kier alpha value is -1.63. The van der Waals surface area contributed by atoms with Gasteiger partial charge in [0.05, 0.1) is 18.8 Å². The number of aliphatic hydroxyl groups excluding tert-OH is 1. The van der Waals surface area contributed by atoms with E-state index in [1.54, 1.807) is 15.8 Å². The lowest BCUT2D eigenvalue weighted by molar-refractivity contribution is 0.0166. The Morgan fingerprint density at radius 3 is 2.90 bits per heavy atom. The molecule has 1 aromatic rings. The van der Waals surface area contributed by atoms with Crippen LogP contribution in [0.2, 0.25) is 0 Å². The van der Waals surface area contributed by atoms with Crippen molar-refractivity contribution in [3.63, 3.8) is 0 Å². The topological polar surface area (TPSA) is 80.5 Å². The van der Waals surface area contributed by atoms with Gasteiger partial charge >= 0.3 is 6.09 Å². The fourth-order valence-corrected chi connectivity index (χ4v) is 2.23. The van der Waals surface area contributed by atoms with Crippen LogP contribution in [-0.4, -0.2) is 49.8 Å². The van der Waals surface area contributed by atoms with Crippen LogP contribution < -0.4 is 0 Å². The molecule has 1 N–H and O–H groups in total. The number of likely N-dealkylation sites (tertiary alicyclic amines) is 1. The second-order valence-electron chi connectivity index (χ2n) is 6.07. The van der Waals surface area contributed by atoms with Crippen LogP contribution in [0.1, 0.15) is 45.3 Å². The largest absolute Gasteiger partial charge is 0.444 e. The Balaban J connectivity index is 1.99. The van der Waals surface area contributed by atoms with Crippen molar-refractivity contribution in [1.29, 1.82) is 0 Å². The fourth-order valence-electron chi connectivity index (χ4n) is 2.23. The number of nitrogens with zero attached hydrogens (tertiary/aromatic N) is 4. The van der Waals surface area contributed by atoms with E-state index >= 15 is 0 Å². The van der Waals surface area contributed by atoms with Crippen molar-refractivity contribution in [2.75, 3.05) is 13.1 Å². The van der Waals surface area contributed by atoms with E-state index < -0.39 is 5.60 Å². The molecular formula is C13H22N4O3. The van der Waals surface area contributed by atoms with Gasteiger partial charge in [-0.05, 0) is 33.6 Å². The van der Waals surface area contributed by atoms with Gasteiger partial charge in [0.2, 0.25) is 0 Å². The second-order valence-corrected chi connectivity index (χ2v) is 6.07. The molecule has 20 heavy (non-hydrogen) atoms. The first-order chi connectivity index (χ1) is 9.39. The summed E-state index contributed by atoms with van der Waals surface area (Å²) < 4.78 is 7.11. The van der Waals surface area contributed by atoms with Crippen molar-refractivity contribution in [3.05, 3.63) is 11.9 Å². The Morgan fingerprint density at radius 1 is 1.55 bits per heavy atom. The molecule has 0 saturated carbocycles. The molecule has 0 radical (unpaired) electrons. The number of carbonyl (C=O) groups excluding carboxylic acids is 1. The first-order valence-electron chi connectivity index (χ1n) is 6.88. The average molecular weight is 282 g/mol. The van der Waals surface area contributed by atoms with Crippen LogP contribution in [-0.2, 0) is 11.3 Å². The van der Waals surface area contributed by atoms with E-state index in [-0.39, 0.29) is 18.7 Å². The Labute approximate surface area is 118 Å². The molecule has 112 valence electrons. The van der Waals surface area contributed by atoms with Crippen LogP contribution in [0, 0.1) is 0 Å². The molecule has 1 aliphatic rings. The van der Waals surface area contributed by atoms with Gasteiger partial charge in [0.15, 0.2) is 0 Å². The SMILES string of the molecule is CC(C)(C)OC(=O)N1CCC[C@H](n2cc(CO)nn2)C1. The smallest absolute Gasteiger partial charge is 0.410 e. The molecule has 1 aliphatic heterocycles. The maximum Gasteiger partial charge on any atom is 0.410 e. The summed E-state index contributed by atoms with van der Waals surface area (Å²) in [6.07, 6.45) is 3.28. The van der Waals surface area contributed by atoms with E-state index in [9.17, 15) is 4.79 Å². The predicted molar refractivity (Wildman–Crippen MR) is 72.0 cm³/mol. The minimum Gasteiger partial charge on any atom is -0.444 e. The van der Waals surface area contributed by atoms with E-state index in [2.05, 4.69) is 10.3 Å². The van der Waals surface area contributed by atoms with E-state index in [4.69, 9.17) is 9.84 Å². The van der Waals surface area contributed by atoms with E-state index in [1.807, 2.05) is 20.8 Å². The number of hydrogen-bond acceptors (Lipinski definition) is 5. The molecule has 0 spiro atoms. The number of ether oxygens (including phenoxy) is 1. The molecular weight excluding hydrogens is 260 g/mol. The van der Waals surface area contributed by atoms with E-state index in [1.165, 1.54) is 0 Å². The normalized spacial score (nSPS) is 20.0. The third-order valence-corrected chi connectivity index (χ3v) is 3.14. The molecule has 2 heterocycles. The first kappa shape index (κ1) is 14.8. The standard InChI is InChI=1S/C13H22N4O3/c1-13(2,3)20-12(19)16-6-4-5-11(8-16)17-7-10(9-18)14-15-17/h7,11,18H,4-6,8-9H2,1-3H3/t11-/m0/s1. The summed E-state index contributed by atoms with van der Waals surface area (Å²) in [6.45, 7) is 6.71. The minimum absolute atomic E-state index is 0.0871. The third-order valence-electron chi connectivity index (χ3n) is 3.14. The summed E-state index contributed by atoms with van der Waals surface area (Å²) in [5, 5.41) is 16.9. The lowest BCUT2D eigenvalue weighted by Gasteiger charge is -2.33. The maximum atomic E-state index is 12.1. The molecule has 2 rings (SSSR count). The van der Waals surface area contributed by atoms with E-state index in [0.29, 0.717) is 18.8 Å². The highest BCUT2D eigenvalue weighted by atomic mass is 16.6. The van der Waals surface area contributed by atoms with Crippen LogP contribution >= 0.6 is 0 Å². The van der Waals surface area contributed by atoms with Gasteiger partial charge in [-0.15, -0.1) is 5.10 Å². The second kappa shape index (κ2) is 5.78. The molecule has 1 fully saturated rings. The molecule has 7 nitrogen and oxygen atoms in total. The van der Waals surface area contributed by atoms with Gasteiger partial charge in [-0.2, -0.15) is 0 Å². The summed E-state index contributed by atoms with van der Waals surface area (Å²) in [4.78, 5) is 13.8. The molecule has 1 amide bonds. The quantitative estimate of drug-likeness (QED) is 0.885. The Kier molecular flexibility index (Phi) is 4.27. The van der Waals surface area contributed by atoms with Crippen LogP contribution in [0.3, 0.4) is 0 Å². The molecule has 1 saturated heterocycles. The zero-order chi connectivity index (χ0) is 14.8. The van der Waals surface area contributed by atoms with Crippen molar-refractivity contribution in [3.8, 4) is 0 Å². The zero-order valence-electron chi connectivity index (χ0n) is 12.2. The monoisotopic (exact) mass is 282 g/mol. The molecule has 7 heteroatoms. The lowest BCUT2D eigenvalue weighted by atomic mass is 10.1. The van der Waals surface area contributed by atoms with Gasteiger partial charge in [-0.3, -0.25) is 0 Å². The fraction of sp³-hybridized carbons (Fsp3) is 0.769. The van der Waals surface area contributed by atoms with Gasteiger partial charge < -0.3 is 14.7 Å². The number of piperidine rings is 1. The zero-order valence-corrected chi connectivity index (χ0v) is 12.2. The van der Waals surface area contributed by atoms with Gasteiger partial charge in [0.1, 0.15) is 11.3 Å². The average Bonchev–Trinajstić information content (AvgIpc) is 2.85. The highest BCUT2D eigenvalue weighted by Crippen LogP contribution is 2.22. The Bertz CT molecular complexity index is 466. The van der Waals surface area contributed by atoms with E-state index in [0.717, 1.165) is 12.8 Å². The number of carbonyl (C=O) groups is 1. The summed E-state index contributed by atoms with van der Waals surface area (Å²) in [6, 6.07) is 0.0871. The summed E-state index contributed by atoms with van der Waals surface area (Å²) >= 11 is 0. The Morgan fingerprint density at radius 2 is 2.30 bits per heavy atom. The number of amides is 1. The molecule has 1 aromatic heterocycles. The van der Waals surface area contributed by atoms with Gasteiger partial charge in [0.25, 0.3) is 0 Å². The predicted octanol–water partition coefficient (Wildman–Crippen LogP) is 1.34. The molecule has 0 aromatic carbocycles. The van der Waals surface area contributed by atoms with Crippen molar-refractivity contribution >= 4 is 6.09 Å².